The summed E-state index contributed by atoms with van der Waals surface area (Å²) in [6.45, 7) is 3.83. The number of pyridine rings is 1. The Labute approximate surface area is 149 Å². The van der Waals surface area contributed by atoms with Gasteiger partial charge in [0.05, 0.1) is 16.6 Å². The number of carboxylic acids is 1. The highest BCUT2D eigenvalue weighted by molar-refractivity contribution is 6.07. The fourth-order valence-corrected chi connectivity index (χ4v) is 3.59. The number of aliphatic carboxylic acids is 1. The molecule has 3 aromatic rings. The number of aromatic nitrogens is 2. The highest BCUT2D eigenvalue weighted by Gasteiger charge is 2.37. The standard InChI is InChI=1S/C19H17N3O4/c1-10-9-14(15-11(2)21-26-17(15)20-10)18(23)22-8-7-12-5-3-4-6-13(12)16(22)19(24)25/h3-6,9,16H,7-8H2,1-2H3,(H,24,25). The number of nitrogens with zero attached hydrogens (tertiary/aromatic N) is 3. The van der Waals surface area contributed by atoms with Crippen molar-refractivity contribution in [2.45, 2.75) is 26.3 Å². The van der Waals surface area contributed by atoms with Crippen LogP contribution in [-0.2, 0) is 11.2 Å². The van der Waals surface area contributed by atoms with Crippen molar-refractivity contribution in [3.63, 3.8) is 0 Å². The lowest BCUT2D eigenvalue weighted by atomic mass is 9.91. The third kappa shape index (κ3) is 2.44. The van der Waals surface area contributed by atoms with Crippen LogP contribution in [0.2, 0.25) is 0 Å². The highest BCUT2D eigenvalue weighted by atomic mass is 16.5. The van der Waals surface area contributed by atoms with Crippen LogP contribution in [0.25, 0.3) is 11.1 Å². The van der Waals surface area contributed by atoms with Gasteiger partial charge in [0.25, 0.3) is 11.6 Å². The van der Waals surface area contributed by atoms with E-state index in [0.717, 1.165) is 5.56 Å². The minimum Gasteiger partial charge on any atom is -0.479 e. The fourth-order valence-electron chi connectivity index (χ4n) is 3.59. The smallest absolute Gasteiger partial charge is 0.331 e. The van der Waals surface area contributed by atoms with Crippen molar-refractivity contribution in [1.29, 1.82) is 0 Å². The van der Waals surface area contributed by atoms with Crippen LogP contribution in [0.1, 0.15) is 38.9 Å². The maximum Gasteiger partial charge on any atom is 0.331 e. The molecule has 132 valence electrons. The van der Waals surface area contributed by atoms with Gasteiger partial charge in [-0.15, -0.1) is 0 Å². The Hall–Kier alpha value is -3.22. The highest BCUT2D eigenvalue weighted by Crippen LogP contribution is 2.33. The number of benzene rings is 1. The van der Waals surface area contributed by atoms with E-state index < -0.39 is 12.0 Å². The van der Waals surface area contributed by atoms with Crippen LogP contribution in [0, 0.1) is 13.8 Å². The summed E-state index contributed by atoms with van der Waals surface area (Å²) in [7, 11) is 0. The second-order valence-electron chi connectivity index (χ2n) is 6.45. The molecular formula is C19H17N3O4. The van der Waals surface area contributed by atoms with Gasteiger partial charge in [0.15, 0.2) is 6.04 Å². The zero-order valence-corrected chi connectivity index (χ0v) is 14.4. The number of rotatable bonds is 2. The normalized spacial score (nSPS) is 16.5. The minimum absolute atomic E-state index is 0.287. The van der Waals surface area contributed by atoms with Crippen molar-refractivity contribution in [2.24, 2.45) is 0 Å². The lowest BCUT2D eigenvalue weighted by Gasteiger charge is -2.35. The van der Waals surface area contributed by atoms with Crippen LogP contribution in [0.15, 0.2) is 34.9 Å². The van der Waals surface area contributed by atoms with Crippen molar-refractivity contribution in [3.8, 4) is 0 Å². The molecule has 1 N–H and O–H groups in total. The Kier molecular flexibility index (Phi) is 3.72. The molecule has 7 heteroatoms. The summed E-state index contributed by atoms with van der Waals surface area (Å²) >= 11 is 0. The van der Waals surface area contributed by atoms with Crippen molar-refractivity contribution in [1.82, 2.24) is 15.0 Å². The maximum atomic E-state index is 13.3. The predicted molar refractivity (Wildman–Crippen MR) is 92.8 cm³/mol. The second-order valence-corrected chi connectivity index (χ2v) is 6.45. The number of carbonyl (C=O) groups is 2. The molecule has 1 atom stereocenters. The van der Waals surface area contributed by atoms with Crippen molar-refractivity contribution in [2.75, 3.05) is 6.54 Å². The van der Waals surface area contributed by atoms with Crippen LogP contribution < -0.4 is 0 Å². The molecule has 0 spiro atoms. The molecule has 26 heavy (non-hydrogen) atoms. The number of hydrogen-bond donors (Lipinski definition) is 1. The molecule has 0 saturated carbocycles. The molecule has 1 aliphatic heterocycles. The first-order valence-corrected chi connectivity index (χ1v) is 8.32. The molecule has 2 aromatic heterocycles. The molecule has 0 aliphatic carbocycles. The van der Waals surface area contributed by atoms with E-state index in [9.17, 15) is 14.7 Å². The third-order valence-electron chi connectivity index (χ3n) is 4.75. The quantitative estimate of drug-likeness (QED) is 0.762. The lowest BCUT2D eigenvalue weighted by Crippen LogP contribution is -2.43. The van der Waals surface area contributed by atoms with Gasteiger partial charge in [-0.3, -0.25) is 4.79 Å². The molecule has 3 heterocycles. The first-order chi connectivity index (χ1) is 12.5. The van der Waals surface area contributed by atoms with E-state index in [2.05, 4.69) is 10.1 Å². The Bertz CT molecular complexity index is 1040. The summed E-state index contributed by atoms with van der Waals surface area (Å²) in [6, 6.07) is 8.00. The minimum atomic E-state index is -1.05. The molecule has 1 aromatic carbocycles. The molecular weight excluding hydrogens is 334 g/mol. The Morgan fingerprint density at radius 1 is 1.27 bits per heavy atom. The van der Waals surface area contributed by atoms with Crippen LogP contribution in [0.3, 0.4) is 0 Å². The van der Waals surface area contributed by atoms with Crippen molar-refractivity contribution in [3.05, 3.63) is 58.4 Å². The number of aryl methyl sites for hydroxylation is 2. The van der Waals surface area contributed by atoms with Gasteiger partial charge in [0, 0.05) is 12.2 Å². The van der Waals surface area contributed by atoms with Gasteiger partial charge in [0.1, 0.15) is 0 Å². The molecule has 0 fully saturated rings. The van der Waals surface area contributed by atoms with Gasteiger partial charge < -0.3 is 14.5 Å². The summed E-state index contributed by atoms with van der Waals surface area (Å²) in [4.78, 5) is 30.9. The largest absolute Gasteiger partial charge is 0.479 e. The summed E-state index contributed by atoms with van der Waals surface area (Å²) in [6.07, 6.45) is 0.613. The van der Waals surface area contributed by atoms with Crippen molar-refractivity contribution >= 4 is 23.0 Å². The molecule has 7 nitrogen and oxygen atoms in total. The van der Waals surface area contributed by atoms with Gasteiger partial charge in [-0.2, -0.15) is 0 Å². The fraction of sp³-hybridized carbons (Fsp3) is 0.263. The van der Waals surface area contributed by atoms with Crippen LogP contribution >= 0.6 is 0 Å². The molecule has 1 amide bonds. The van der Waals surface area contributed by atoms with E-state index in [-0.39, 0.29) is 11.6 Å². The maximum absolute atomic E-state index is 13.3. The van der Waals surface area contributed by atoms with E-state index in [1.165, 1.54) is 4.90 Å². The summed E-state index contributed by atoms with van der Waals surface area (Å²) in [5, 5.41) is 14.2. The van der Waals surface area contributed by atoms with Crippen LogP contribution in [0.5, 0.6) is 0 Å². The first-order valence-electron chi connectivity index (χ1n) is 8.32. The Morgan fingerprint density at radius 2 is 2.04 bits per heavy atom. The molecule has 1 unspecified atom stereocenters. The molecule has 4 rings (SSSR count). The number of fused-ring (bicyclic) bond motifs is 2. The zero-order chi connectivity index (χ0) is 18.4. The van der Waals surface area contributed by atoms with Crippen LogP contribution in [-0.4, -0.2) is 38.6 Å². The topological polar surface area (TPSA) is 96.5 Å². The number of carbonyl (C=O) groups excluding carboxylic acids is 1. The van der Waals surface area contributed by atoms with Gasteiger partial charge in [-0.1, -0.05) is 29.4 Å². The Morgan fingerprint density at radius 3 is 2.81 bits per heavy atom. The summed E-state index contributed by atoms with van der Waals surface area (Å²) in [5.41, 5.74) is 3.44. The second kappa shape index (κ2) is 5.94. The van der Waals surface area contributed by atoms with Gasteiger partial charge in [-0.25, -0.2) is 9.78 Å². The number of carboxylic acid groups (broad SMARTS) is 1. The molecule has 0 bridgehead atoms. The van der Waals surface area contributed by atoms with Crippen LogP contribution in [0.4, 0.5) is 0 Å². The van der Waals surface area contributed by atoms with Crippen molar-refractivity contribution < 1.29 is 19.2 Å². The van der Waals surface area contributed by atoms with E-state index in [4.69, 9.17) is 4.52 Å². The predicted octanol–water partition coefficient (Wildman–Crippen LogP) is 2.66. The van der Waals surface area contributed by atoms with Gasteiger partial charge >= 0.3 is 5.97 Å². The molecule has 1 aliphatic rings. The number of hydrogen-bond acceptors (Lipinski definition) is 5. The van der Waals surface area contributed by atoms with E-state index in [1.54, 1.807) is 32.0 Å². The summed E-state index contributed by atoms with van der Waals surface area (Å²) in [5.74, 6) is -1.40. The lowest BCUT2D eigenvalue weighted by molar-refractivity contribution is -0.143. The SMILES string of the molecule is Cc1cc(C(=O)N2CCc3ccccc3C2C(=O)O)c2c(C)noc2n1. The average molecular weight is 351 g/mol. The average Bonchev–Trinajstić information content (AvgIpc) is 3.00. The van der Waals surface area contributed by atoms with Gasteiger partial charge in [-0.05, 0) is 37.5 Å². The molecule has 0 radical (unpaired) electrons. The van der Waals surface area contributed by atoms with Gasteiger partial charge in [0.2, 0.25) is 0 Å². The Balaban J connectivity index is 1.84. The van der Waals surface area contributed by atoms with E-state index in [1.807, 2.05) is 12.1 Å². The zero-order valence-electron chi connectivity index (χ0n) is 14.4. The summed E-state index contributed by atoms with van der Waals surface area (Å²) < 4.78 is 5.19. The van der Waals surface area contributed by atoms with E-state index in [0.29, 0.717) is 40.9 Å². The number of amides is 1. The molecule has 0 saturated heterocycles. The van der Waals surface area contributed by atoms with E-state index >= 15 is 0 Å². The third-order valence-corrected chi connectivity index (χ3v) is 4.75. The first kappa shape index (κ1) is 16.3. The monoisotopic (exact) mass is 351 g/mol.